The van der Waals surface area contributed by atoms with Gasteiger partial charge in [-0.25, -0.2) is 4.39 Å². The molecule has 7 heteroatoms. The molecule has 4 N–H and O–H groups in total. The number of rotatable bonds is 5. The third-order valence-corrected chi connectivity index (χ3v) is 4.71. The molecule has 0 unspecified atom stereocenters. The minimum Gasteiger partial charge on any atom is -0.357 e. The van der Waals surface area contributed by atoms with Crippen LogP contribution in [0.15, 0.2) is 66.9 Å². The van der Waals surface area contributed by atoms with Gasteiger partial charge in [-0.05, 0) is 60.0 Å². The molecule has 2 heterocycles. The fourth-order valence-electron chi connectivity index (χ4n) is 3.29. The number of para-hydroxylation sites is 1. The first kappa shape index (κ1) is 18.5. The Morgan fingerprint density at radius 2 is 1.72 bits per heavy atom. The average molecular weight is 390 g/mol. The first-order valence-corrected chi connectivity index (χ1v) is 9.20. The molecule has 6 nitrogen and oxygen atoms in total. The van der Waals surface area contributed by atoms with E-state index in [1.54, 1.807) is 30.5 Å². The number of fused-ring (bicyclic) bond motifs is 1. The highest BCUT2D eigenvalue weighted by atomic mass is 19.1. The standard InChI is InChI=1S/C22H19FN4O2/c23-15-9-7-14(8-10-15)21-17(16-4-1-2-5-18(16)25-21)11-12-20(28)26-27-22(29)19-6-3-13-24-19/h1-10,13,24-25H,11-12H2,(H,26,28)(H,27,29). The van der Waals surface area contributed by atoms with E-state index in [0.717, 1.165) is 27.7 Å². The molecule has 29 heavy (non-hydrogen) atoms. The molecule has 0 saturated carbocycles. The predicted octanol–water partition coefficient (Wildman–Crippen LogP) is 3.70. The summed E-state index contributed by atoms with van der Waals surface area (Å²) in [6, 6.07) is 17.4. The Bertz CT molecular complexity index is 1150. The minimum absolute atomic E-state index is 0.182. The van der Waals surface area contributed by atoms with Crippen LogP contribution in [-0.4, -0.2) is 21.8 Å². The van der Waals surface area contributed by atoms with Crippen LogP contribution >= 0.6 is 0 Å². The molecular formula is C22H19FN4O2. The summed E-state index contributed by atoms with van der Waals surface area (Å²) in [7, 11) is 0. The van der Waals surface area contributed by atoms with Gasteiger partial charge in [-0.1, -0.05) is 18.2 Å². The largest absolute Gasteiger partial charge is 0.357 e. The van der Waals surface area contributed by atoms with E-state index < -0.39 is 5.91 Å². The Kier molecular flexibility index (Phi) is 5.11. The number of hydrogen-bond donors (Lipinski definition) is 4. The number of hydrogen-bond acceptors (Lipinski definition) is 2. The molecule has 4 aromatic rings. The number of aromatic amines is 2. The minimum atomic E-state index is -0.414. The molecule has 0 aliphatic rings. The summed E-state index contributed by atoms with van der Waals surface area (Å²) < 4.78 is 13.3. The monoisotopic (exact) mass is 390 g/mol. The number of carbonyl (C=O) groups is 2. The summed E-state index contributed by atoms with van der Waals surface area (Å²) in [6.07, 6.45) is 2.27. The Morgan fingerprint density at radius 1 is 0.931 bits per heavy atom. The molecule has 0 atom stereocenters. The highest BCUT2D eigenvalue weighted by Crippen LogP contribution is 2.31. The molecule has 0 radical (unpaired) electrons. The number of halogens is 1. The van der Waals surface area contributed by atoms with Gasteiger partial charge in [0.2, 0.25) is 5.91 Å². The van der Waals surface area contributed by atoms with Gasteiger partial charge in [-0.15, -0.1) is 0 Å². The van der Waals surface area contributed by atoms with Crippen LogP contribution in [-0.2, 0) is 11.2 Å². The lowest BCUT2D eigenvalue weighted by atomic mass is 10.0. The third kappa shape index (κ3) is 4.03. The summed E-state index contributed by atoms with van der Waals surface area (Å²) >= 11 is 0. The summed E-state index contributed by atoms with van der Waals surface area (Å²) in [5.74, 6) is -1.02. The number of aromatic nitrogens is 2. The van der Waals surface area contributed by atoms with E-state index in [-0.39, 0.29) is 18.1 Å². The molecule has 0 fully saturated rings. The van der Waals surface area contributed by atoms with Crippen molar-refractivity contribution in [2.75, 3.05) is 0 Å². The van der Waals surface area contributed by atoms with Crippen LogP contribution in [0.2, 0.25) is 0 Å². The second-order valence-corrected chi connectivity index (χ2v) is 6.62. The molecular weight excluding hydrogens is 371 g/mol. The predicted molar refractivity (Wildman–Crippen MR) is 108 cm³/mol. The second kappa shape index (κ2) is 8.02. The molecule has 0 aliphatic heterocycles. The molecule has 2 aromatic carbocycles. The first-order chi connectivity index (χ1) is 14.1. The SMILES string of the molecule is O=C(CCc1c(-c2ccc(F)cc2)[nH]c2ccccc12)NNC(=O)c1ccc[nH]1. The van der Waals surface area contributed by atoms with Crippen LogP contribution in [0.5, 0.6) is 0 Å². The van der Waals surface area contributed by atoms with Crippen molar-refractivity contribution in [2.45, 2.75) is 12.8 Å². The maximum absolute atomic E-state index is 13.3. The van der Waals surface area contributed by atoms with Crippen LogP contribution in [0.1, 0.15) is 22.5 Å². The van der Waals surface area contributed by atoms with Gasteiger partial charge in [-0.2, -0.15) is 0 Å². The van der Waals surface area contributed by atoms with Crippen LogP contribution < -0.4 is 10.9 Å². The molecule has 146 valence electrons. The second-order valence-electron chi connectivity index (χ2n) is 6.62. The van der Waals surface area contributed by atoms with Crippen molar-refractivity contribution in [1.29, 1.82) is 0 Å². The van der Waals surface area contributed by atoms with E-state index in [2.05, 4.69) is 20.8 Å². The van der Waals surface area contributed by atoms with Gasteiger partial charge in [0.05, 0.1) is 0 Å². The van der Waals surface area contributed by atoms with Gasteiger partial charge in [0.15, 0.2) is 0 Å². The van der Waals surface area contributed by atoms with Crippen molar-refractivity contribution >= 4 is 22.7 Å². The Morgan fingerprint density at radius 3 is 2.48 bits per heavy atom. The van der Waals surface area contributed by atoms with Crippen LogP contribution in [0, 0.1) is 5.82 Å². The Labute approximate surface area is 166 Å². The van der Waals surface area contributed by atoms with Crippen molar-refractivity contribution in [2.24, 2.45) is 0 Å². The number of hydrazine groups is 1. The molecule has 0 saturated heterocycles. The summed E-state index contributed by atoms with van der Waals surface area (Å²) in [5, 5.41) is 1.01. The fraction of sp³-hybridized carbons (Fsp3) is 0.0909. The van der Waals surface area contributed by atoms with E-state index in [1.165, 1.54) is 12.1 Å². The van der Waals surface area contributed by atoms with Gasteiger partial charge in [0.1, 0.15) is 11.5 Å². The molecule has 0 aliphatic carbocycles. The average Bonchev–Trinajstić information content (AvgIpc) is 3.39. The van der Waals surface area contributed by atoms with Crippen molar-refractivity contribution in [3.63, 3.8) is 0 Å². The van der Waals surface area contributed by atoms with Crippen LogP contribution in [0.25, 0.3) is 22.2 Å². The maximum Gasteiger partial charge on any atom is 0.286 e. The number of H-pyrrole nitrogens is 2. The van der Waals surface area contributed by atoms with Crippen molar-refractivity contribution in [1.82, 2.24) is 20.8 Å². The van der Waals surface area contributed by atoms with Gasteiger partial charge in [0, 0.05) is 29.2 Å². The van der Waals surface area contributed by atoms with Crippen molar-refractivity contribution < 1.29 is 14.0 Å². The van der Waals surface area contributed by atoms with E-state index in [1.807, 2.05) is 24.3 Å². The number of aryl methyl sites for hydroxylation is 1. The summed E-state index contributed by atoms with van der Waals surface area (Å²) in [6.45, 7) is 0. The van der Waals surface area contributed by atoms with Crippen LogP contribution in [0.3, 0.4) is 0 Å². The lowest BCUT2D eigenvalue weighted by Crippen LogP contribution is -2.41. The van der Waals surface area contributed by atoms with Gasteiger partial charge < -0.3 is 9.97 Å². The van der Waals surface area contributed by atoms with Crippen molar-refractivity contribution in [3.05, 3.63) is 83.9 Å². The number of nitrogens with one attached hydrogen (secondary N) is 4. The van der Waals surface area contributed by atoms with E-state index in [9.17, 15) is 14.0 Å². The number of amides is 2. The molecule has 2 amide bonds. The highest BCUT2D eigenvalue weighted by Gasteiger charge is 2.15. The van der Waals surface area contributed by atoms with Gasteiger partial charge >= 0.3 is 0 Å². The lowest BCUT2D eigenvalue weighted by Gasteiger charge is -2.08. The normalized spacial score (nSPS) is 10.8. The van der Waals surface area contributed by atoms with Crippen molar-refractivity contribution in [3.8, 4) is 11.3 Å². The summed E-state index contributed by atoms with van der Waals surface area (Å²) in [5.41, 5.74) is 8.80. The zero-order valence-corrected chi connectivity index (χ0v) is 15.5. The molecule has 2 aromatic heterocycles. The summed E-state index contributed by atoms with van der Waals surface area (Å²) in [4.78, 5) is 30.3. The zero-order valence-electron chi connectivity index (χ0n) is 15.5. The lowest BCUT2D eigenvalue weighted by molar-refractivity contribution is -0.121. The Balaban J connectivity index is 1.49. The smallest absolute Gasteiger partial charge is 0.286 e. The first-order valence-electron chi connectivity index (χ1n) is 9.20. The number of carbonyl (C=O) groups excluding carboxylic acids is 2. The topological polar surface area (TPSA) is 89.8 Å². The Hall–Kier alpha value is -3.87. The molecule has 0 spiro atoms. The van der Waals surface area contributed by atoms with Gasteiger partial charge in [-0.3, -0.25) is 20.4 Å². The van der Waals surface area contributed by atoms with Crippen LogP contribution in [0.4, 0.5) is 4.39 Å². The van der Waals surface area contributed by atoms with E-state index in [4.69, 9.17) is 0 Å². The number of benzene rings is 2. The van der Waals surface area contributed by atoms with Gasteiger partial charge in [0.25, 0.3) is 5.91 Å². The quantitative estimate of drug-likeness (QED) is 0.392. The van der Waals surface area contributed by atoms with E-state index in [0.29, 0.717) is 12.1 Å². The highest BCUT2D eigenvalue weighted by molar-refractivity contribution is 5.94. The molecule has 0 bridgehead atoms. The maximum atomic E-state index is 13.3. The van der Waals surface area contributed by atoms with E-state index >= 15 is 0 Å². The fourth-order valence-corrected chi connectivity index (χ4v) is 3.29. The molecule has 4 rings (SSSR count). The third-order valence-electron chi connectivity index (χ3n) is 4.71. The zero-order chi connectivity index (χ0) is 20.2.